The molecule has 0 unspecified atom stereocenters. The molecule has 0 saturated carbocycles. The van der Waals surface area contributed by atoms with Gasteiger partial charge in [-0.3, -0.25) is 9.59 Å². The van der Waals surface area contributed by atoms with Crippen molar-refractivity contribution < 1.29 is 18.7 Å². The van der Waals surface area contributed by atoms with Crippen molar-refractivity contribution in [1.82, 2.24) is 5.32 Å². The van der Waals surface area contributed by atoms with Gasteiger partial charge in [-0.05, 0) is 24.6 Å². The van der Waals surface area contributed by atoms with Gasteiger partial charge in [-0.1, -0.05) is 31.2 Å². The molecule has 4 nitrogen and oxygen atoms in total. The monoisotopic (exact) mass is 315 g/mol. The topological polar surface area (TPSA) is 55.4 Å². The average Bonchev–Trinajstić information content (AvgIpc) is 2.54. The zero-order valence-electron chi connectivity index (χ0n) is 12.8. The molecule has 1 N–H and O–H groups in total. The summed E-state index contributed by atoms with van der Waals surface area (Å²) in [4.78, 5) is 24.4. The van der Waals surface area contributed by atoms with E-state index in [-0.39, 0.29) is 34.8 Å². The highest BCUT2D eigenvalue weighted by molar-refractivity contribution is 6.03. The molecule has 5 heteroatoms. The van der Waals surface area contributed by atoms with Gasteiger partial charge in [-0.25, -0.2) is 4.39 Å². The lowest BCUT2D eigenvalue weighted by atomic mass is 9.83. The van der Waals surface area contributed by atoms with Crippen LogP contribution >= 0.6 is 0 Å². The fourth-order valence-corrected chi connectivity index (χ4v) is 2.75. The number of nitrogens with one attached hydrogen (secondary N) is 1. The summed E-state index contributed by atoms with van der Waals surface area (Å²) in [6, 6.07) is 3.75. The first-order chi connectivity index (χ1) is 11.0. The Labute approximate surface area is 134 Å². The van der Waals surface area contributed by atoms with Crippen LogP contribution in [0.1, 0.15) is 30.1 Å². The normalized spacial score (nSPS) is 25.7. The van der Waals surface area contributed by atoms with Gasteiger partial charge >= 0.3 is 0 Å². The first-order valence-corrected chi connectivity index (χ1v) is 7.58. The van der Waals surface area contributed by atoms with E-state index in [2.05, 4.69) is 24.4 Å². The molecule has 23 heavy (non-hydrogen) atoms. The molecule has 0 radical (unpaired) electrons. The van der Waals surface area contributed by atoms with Gasteiger partial charge in [0, 0.05) is 12.0 Å². The van der Waals surface area contributed by atoms with E-state index in [1.165, 1.54) is 12.1 Å². The summed E-state index contributed by atoms with van der Waals surface area (Å²) in [5.74, 6) is -0.835. The van der Waals surface area contributed by atoms with Crippen molar-refractivity contribution in [3.05, 3.63) is 53.9 Å². The number of allylic oxidation sites excluding steroid dienone is 3. The zero-order valence-corrected chi connectivity index (χ0v) is 12.8. The quantitative estimate of drug-likeness (QED) is 0.933. The lowest BCUT2D eigenvalue weighted by Crippen LogP contribution is -2.45. The highest BCUT2D eigenvalue weighted by Crippen LogP contribution is 2.29. The number of carbonyl (C=O) groups excluding carboxylic acids is 2. The number of Topliss-reactive ketones (excluding diaryl/α,β-unsaturated/α-hetero) is 1. The van der Waals surface area contributed by atoms with E-state index in [1.807, 2.05) is 12.2 Å². The molecular weight excluding hydrogens is 297 g/mol. The van der Waals surface area contributed by atoms with Crippen LogP contribution in [0, 0.1) is 11.2 Å². The lowest BCUT2D eigenvalue weighted by molar-refractivity contribution is -0.128. The van der Waals surface area contributed by atoms with Crippen LogP contribution in [-0.2, 0) is 4.79 Å². The van der Waals surface area contributed by atoms with Crippen LogP contribution in [0.2, 0.25) is 0 Å². The Hall–Kier alpha value is -2.43. The Balaban J connectivity index is 1.65. The molecule has 1 aromatic rings. The largest absolute Gasteiger partial charge is 0.479 e. The third-order valence-corrected chi connectivity index (χ3v) is 4.17. The second-order valence-electron chi connectivity index (χ2n) is 6.24. The van der Waals surface area contributed by atoms with Gasteiger partial charge < -0.3 is 10.1 Å². The van der Waals surface area contributed by atoms with Gasteiger partial charge in [0.25, 0.3) is 5.91 Å². The Morgan fingerprint density at radius 2 is 2.26 bits per heavy atom. The van der Waals surface area contributed by atoms with Crippen molar-refractivity contribution in [2.45, 2.75) is 25.9 Å². The van der Waals surface area contributed by atoms with E-state index in [0.29, 0.717) is 6.54 Å². The van der Waals surface area contributed by atoms with E-state index in [4.69, 9.17) is 4.74 Å². The number of ketones is 1. The fourth-order valence-electron chi connectivity index (χ4n) is 2.75. The minimum absolute atomic E-state index is 0.0747. The maximum absolute atomic E-state index is 13.2. The van der Waals surface area contributed by atoms with Crippen molar-refractivity contribution in [3.63, 3.8) is 0 Å². The summed E-state index contributed by atoms with van der Waals surface area (Å²) in [5, 5.41) is 2.85. The number of hydrogen-bond donors (Lipinski definition) is 1. The minimum atomic E-state index is -0.868. The van der Waals surface area contributed by atoms with Crippen LogP contribution in [0.25, 0.3) is 0 Å². The van der Waals surface area contributed by atoms with Gasteiger partial charge in [0.2, 0.25) is 0 Å². The standard InChI is InChI=1S/C18H18FNO3/c1-18(7-3-2-4-8-18)11-20-17(22)16-10-14(21)13-9-12(19)5-6-15(13)23-16/h2-7,9,16H,8,10-11H2,1H3,(H,20,22)/t16-,18+/m0/s1. The summed E-state index contributed by atoms with van der Waals surface area (Å²) in [7, 11) is 0. The summed E-state index contributed by atoms with van der Waals surface area (Å²) in [6.45, 7) is 2.52. The molecule has 120 valence electrons. The number of fused-ring (bicyclic) bond motifs is 1. The molecular formula is C18H18FNO3. The van der Waals surface area contributed by atoms with Crippen LogP contribution in [0.4, 0.5) is 4.39 Å². The highest BCUT2D eigenvalue weighted by Gasteiger charge is 2.32. The fraction of sp³-hybridized carbons (Fsp3) is 0.333. The van der Waals surface area contributed by atoms with Gasteiger partial charge in [-0.2, -0.15) is 0 Å². The Kier molecular flexibility index (Phi) is 4.03. The molecule has 1 aliphatic heterocycles. The average molecular weight is 315 g/mol. The number of amides is 1. The zero-order chi connectivity index (χ0) is 16.4. The van der Waals surface area contributed by atoms with E-state index in [9.17, 15) is 14.0 Å². The van der Waals surface area contributed by atoms with Gasteiger partial charge in [0.1, 0.15) is 11.6 Å². The number of rotatable bonds is 3. The summed E-state index contributed by atoms with van der Waals surface area (Å²) in [6.07, 6.45) is 7.94. The molecule has 2 atom stereocenters. The van der Waals surface area contributed by atoms with Crippen molar-refractivity contribution in [2.75, 3.05) is 6.54 Å². The molecule has 0 fully saturated rings. The van der Waals surface area contributed by atoms with Crippen molar-refractivity contribution in [3.8, 4) is 5.75 Å². The van der Waals surface area contributed by atoms with E-state index in [1.54, 1.807) is 0 Å². The van der Waals surface area contributed by atoms with E-state index in [0.717, 1.165) is 12.5 Å². The molecule has 0 aromatic heterocycles. The number of carbonyl (C=O) groups is 2. The number of benzene rings is 1. The Morgan fingerprint density at radius 3 is 3.00 bits per heavy atom. The van der Waals surface area contributed by atoms with Crippen molar-refractivity contribution >= 4 is 11.7 Å². The SMILES string of the molecule is C[C@@]1(CNC(=O)[C@@H]2CC(=O)c3cc(F)ccc3O2)C=CC=CC1. The number of halogens is 1. The first-order valence-electron chi connectivity index (χ1n) is 7.58. The molecule has 0 spiro atoms. The molecule has 0 bridgehead atoms. The smallest absolute Gasteiger partial charge is 0.261 e. The van der Waals surface area contributed by atoms with Crippen LogP contribution in [0.15, 0.2) is 42.5 Å². The summed E-state index contributed by atoms with van der Waals surface area (Å²) >= 11 is 0. The van der Waals surface area contributed by atoms with Gasteiger partial charge in [0.15, 0.2) is 11.9 Å². The molecule has 1 aliphatic carbocycles. The second-order valence-corrected chi connectivity index (χ2v) is 6.24. The van der Waals surface area contributed by atoms with Crippen molar-refractivity contribution in [2.24, 2.45) is 5.41 Å². The van der Waals surface area contributed by atoms with Crippen molar-refractivity contribution in [1.29, 1.82) is 0 Å². The molecule has 0 saturated heterocycles. The van der Waals surface area contributed by atoms with Crippen LogP contribution in [0.3, 0.4) is 0 Å². The molecule has 2 aliphatic rings. The van der Waals surface area contributed by atoms with Crippen LogP contribution in [-0.4, -0.2) is 24.3 Å². The second kappa shape index (κ2) is 5.99. The Bertz CT molecular complexity index is 710. The van der Waals surface area contributed by atoms with Crippen LogP contribution < -0.4 is 10.1 Å². The predicted molar refractivity (Wildman–Crippen MR) is 83.8 cm³/mol. The molecule has 1 heterocycles. The molecule has 3 rings (SSSR count). The third kappa shape index (κ3) is 3.33. The summed E-state index contributed by atoms with van der Waals surface area (Å²) in [5.41, 5.74) is 0.0609. The third-order valence-electron chi connectivity index (χ3n) is 4.17. The van der Waals surface area contributed by atoms with Gasteiger partial charge in [0.05, 0.1) is 12.0 Å². The lowest BCUT2D eigenvalue weighted by Gasteiger charge is -2.29. The highest BCUT2D eigenvalue weighted by atomic mass is 19.1. The molecule has 1 amide bonds. The minimum Gasteiger partial charge on any atom is -0.479 e. The number of hydrogen-bond acceptors (Lipinski definition) is 3. The van der Waals surface area contributed by atoms with Crippen LogP contribution in [0.5, 0.6) is 5.75 Å². The maximum Gasteiger partial charge on any atom is 0.261 e. The number of ether oxygens (including phenoxy) is 1. The van der Waals surface area contributed by atoms with E-state index >= 15 is 0 Å². The Morgan fingerprint density at radius 1 is 1.43 bits per heavy atom. The summed E-state index contributed by atoms with van der Waals surface area (Å²) < 4.78 is 18.8. The predicted octanol–water partition coefficient (Wildman–Crippen LogP) is 2.80. The van der Waals surface area contributed by atoms with E-state index < -0.39 is 11.9 Å². The first kappa shape index (κ1) is 15.5. The maximum atomic E-state index is 13.2. The van der Waals surface area contributed by atoms with Gasteiger partial charge in [-0.15, -0.1) is 0 Å². The molecule has 1 aromatic carbocycles.